The first-order valence-corrected chi connectivity index (χ1v) is 22.2. The summed E-state index contributed by atoms with van der Waals surface area (Å²) in [6.45, 7) is 12.4. The van der Waals surface area contributed by atoms with Gasteiger partial charge in [0.15, 0.2) is 24.7 Å². The van der Waals surface area contributed by atoms with Crippen LogP contribution in [0.2, 0.25) is 0 Å². The normalized spacial score (nSPS) is 44.6. The van der Waals surface area contributed by atoms with Gasteiger partial charge in [0, 0.05) is 44.8 Å². The lowest BCUT2D eigenvalue weighted by Gasteiger charge is -2.49. The summed E-state index contributed by atoms with van der Waals surface area (Å²) in [5, 5.41) is 44.5. The molecule has 17 nitrogen and oxygen atoms in total. The molecule has 3 saturated heterocycles. The standard InChI is InChI=1S/C45H75NO16/c1-12-34-30(22-56-45-43(55-11)42(54-10)38(52)27(6)58-45)19-23(2)13-14-31(48)24(3)20-29(17-18-47)40(25(4)33(50)21-35(51)60-34)62-44-39(53)37(46(8)9)41(28(7)59-44)61-36-16-15-32(49)26(5)57-36/h13-14,18-19,24-30,32-34,36-45,49-50,52-53H,12,15-17,20-22H2,1-11H3/b14-13+,23-19+/t24-,25+,26-,27-,28-,29+,30+,32-,33+,34+,36-,37+,38-,39+,40+,41+,42+,43-,44+,45-/m0/s1. The molecule has 0 saturated carbocycles. The molecule has 4 heterocycles. The van der Waals surface area contributed by atoms with Crippen LogP contribution in [0.15, 0.2) is 23.8 Å². The molecule has 3 fully saturated rings. The first-order valence-electron chi connectivity index (χ1n) is 22.2. The molecule has 4 aliphatic heterocycles. The minimum atomic E-state index is -1.33. The zero-order chi connectivity index (χ0) is 46.0. The fraction of sp³-hybridized carbons (Fsp3) is 0.844. The lowest BCUT2D eigenvalue weighted by molar-refractivity contribution is -0.332. The van der Waals surface area contributed by atoms with Crippen molar-refractivity contribution >= 4 is 18.0 Å². The number of methoxy groups -OCH3 is 2. The van der Waals surface area contributed by atoms with Crippen molar-refractivity contribution in [2.24, 2.45) is 23.7 Å². The summed E-state index contributed by atoms with van der Waals surface area (Å²) in [4.78, 5) is 41.5. The van der Waals surface area contributed by atoms with Crippen molar-refractivity contribution < 1.29 is 77.4 Å². The third-order valence-corrected chi connectivity index (χ3v) is 13.0. The number of likely N-dealkylation sites (N-methyl/N-ethyl adjacent to an activating group) is 1. The number of hydrogen-bond acceptors (Lipinski definition) is 17. The average molecular weight is 886 g/mol. The summed E-state index contributed by atoms with van der Waals surface area (Å²) in [5.41, 5.74) is 0.698. The van der Waals surface area contributed by atoms with Crippen LogP contribution in [0.1, 0.15) is 87.0 Å². The molecule has 356 valence electrons. The summed E-state index contributed by atoms with van der Waals surface area (Å²) in [5.74, 6) is -3.44. The van der Waals surface area contributed by atoms with Gasteiger partial charge in [0.05, 0.1) is 55.7 Å². The van der Waals surface area contributed by atoms with Crippen molar-refractivity contribution in [2.75, 3.05) is 34.9 Å². The molecule has 0 aromatic carbocycles. The Kier molecular flexibility index (Phi) is 20.6. The predicted octanol–water partition coefficient (Wildman–Crippen LogP) is 2.47. The van der Waals surface area contributed by atoms with E-state index in [2.05, 4.69) is 0 Å². The zero-order valence-electron chi connectivity index (χ0n) is 38.4. The Morgan fingerprint density at radius 2 is 1.48 bits per heavy atom. The maximum Gasteiger partial charge on any atom is 0.308 e. The van der Waals surface area contributed by atoms with Crippen LogP contribution in [0.4, 0.5) is 0 Å². The van der Waals surface area contributed by atoms with Gasteiger partial charge in [0.25, 0.3) is 0 Å². The number of carbonyl (C=O) groups excluding carboxylic acids is 3. The third-order valence-electron chi connectivity index (χ3n) is 13.0. The molecule has 0 aromatic heterocycles. The maximum atomic E-state index is 13.7. The van der Waals surface area contributed by atoms with Gasteiger partial charge in [0.2, 0.25) is 0 Å². The fourth-order valence-corrected chi connectivity index (χ4v) is 9.14. The Bertz CT molecular complexity index is 1480. The van der Waals surface area contributed by atoms with E-state index < -0.39 is 134 Å². The SMILES string of the molecule is CC[C@H]1OC(=O)C[C@@H](O)[C@@H](C)[C@@H](O[C@H]2O[C@@H](C)[C@@H](O[C@H]3CC[C@H](O)[C@H](C)O3)[C@H](N(C)C)[C@H]2O)[C@H](CC=O)C[C@H](C)C(=O)/C=C/C(C)=C/[C@@H]1CO[C@H]1O[C@@H](C)[C@H](O)[C@@H](OC)[C@@H]1OC. The first-order chi connectivity index (χ1) is 29.3. The molecule has 20 atom stereocenters. The number of carbonyl (C=O) groups is 3. The molecule has 0 radical (unpaired) electrons. The largest absolute Gasteiger partial charge is 0.462 e. The number of aliphatic hydroxyl groups is 4. The highest BCUT2D eigenvalue weighted by atomic mass is 16.7. The van der Waals surface area contributed by atoms with Crippen LogP contribution >= 0.6 is 0 Å². The van der Waals surface area contributed by atoms with Gasteiger partial charge in [-0.1, -0.05) is 38.5 Å². The molecule has 0 bridgehead atoms. The van der Waals surface area contributed by atoms with Gasteiger partial charge >= 0.3 is 5.97 Å². The monoisotopic (exact) mass is 886 g/mol. The molecule has 0 unspecified atom stereocenters. The van der Waals surface area contributed by atoms with Crippen molar-refractivity contribution in [3.63, 3.8) is 0 Å². The fourth-order valence-electron chi connectivity index (χ4n) is 9.14. The predicted molar refractivity (Wildman–Crippen MR) is 224 cm³/mol. The number of ketones is 1. The van der Waals surface area contributed by atoms with E-state index in [9.17, 15) is 34.8 Å². The van der Waals surface area contributed by atoms with Gasteiger partial charge < -0.3 is 72.8 Å². The smallest absolute Gasteiger partial charge is 0.308 e. The summed E-state index contributed by atoms with van der Waals surface area (Å²) < 4.78 is 54.7. The molecule has 4 N–H and O–H groups in total. The number of ether oxygens (including phenoxy) is 9. The number of aldehydes is 1. The number of cyclic esters (lactones) is 1. The number of rotatable bonds is 13. The van der Waals surface area contributed by atoms with E-state index >= 15 is 0 Å². The summed E-state index contributed by atoms with van der Waals surface area (Å²) in [6.07, 6.45) is -5.69. The molecule has 0 aliphatic carbocycles. The molecule has 62 heavy (non-hydrogen) atoms. The summed E-state index contributed by atoms with van der Waals surface area (Å²) in [7, 11) is 6.54. The van der Waals surface area contributed by atoms with Gasteiger partial charge in [-0.25, -0.2) is 0 Å². The first kappa shape index (κ1) is 52.4. The Hall–Kier alpha value is -2.23. The van der Waals surface area contributed by atoms with Crippen LogP contribution in [-0.2, 0) is 57.0 Å². The molecule has 4 aliphatic rings. The van der Waals surface area contributed by atoms with Gasteiger partial charge in [-0.2, -0.15) is 0 Å². The number of nitrogens with zero attached hydrogens (tertiary/aromatic N) is 1. The lowest BCUT2D eigenvalue weighted by Crippen LogP contribution is -2.64. The van der Waals surface area contributed by atoms with E-state index in [0.29, 0.717) is 24.8 Å². The molecular weight excluding hydrogens is 810 g/mol. The topological polar surface area (TPSA) is 218 Å². The lowest BCUT2D eigenvalue weighted by atomic mass is 9.79. The number of allylic oxidation sites excluding steroid dienone is 3. The average Bonchev–Trinajstić information content (AvgIpc) is 3.22. The highest BCUT2D eigenvalue weighted by Crippen LogP contribution is 2.36. The van der Waals surface area contributed by atoms with E-state index in [1.54, 1.807) is 54.8 Å². The minimum absolute atomic E-state index is 0.00520. The van der Waals surface area contributed by atoms with E-state index in [4.69, 9.17) is 42.6 Å². The van der Waals surface area contributed by atoms with Crippen molar-refractivity contribution in [1.29, 1.82) is 0 Å². The van der Waals surface area contributed by atoms with Crippen molar-refractivity contribution in [3.8, 4) is 0 Å². The molecule has 0 spiro atoms. The molecular formula is C45H75NO16. The highest BCUT2D eigenvalue weighted by Gasteiger charge is 2.50. The quantitative estimate of drug-likeness (QED) is 0.154. The molecule has 0 amide bonds. The molecule has 4 rings (SSSR count). The van der Waals surface area contributed by atoms with Crippen LogP contribution in [0.25, 0.3) is 0 Å². The summed E-state index contributed by atoms with van der Waals surface area (Å²) >= 11 is 0. The van der Waals surface area contributed by atoms with Crippen LogP contribution < -0.4 is 0 Å². The Morgan fingerprint density at radius 3 is 2.10 bits per heavy atom. The van der Waals surface area contributed by atoms with Crippen molar-refractivity contribution in [1.82, 2.24) is 4.90 Å². The van der Waals surface area contributed by atoms with E-state index in [0.717, 1.165) is 6.29 Å². The van der Waals surface area contributed by atoms with Crippen LogP contribution in [0, 0.1) is 23.7 Å². The number of esters is 1. The number of hydrogen-bond donors (Lipinski definition) is 4. The Morgan fingerprint density at radius 1 is 0.806 bits per heavy atom. The maximum absolute atomic E-state index is 13.7. The van der Waals surface area contributed by atoms with Crippen molar-refractivity contribution in [3.05, 3.63) is 23.8 Å². The van der Waals surface area contributed by atoms with Crippen LogP contribution in [-0.4, -0.2) is 176 Å². The van der Waals surface area contributed by atoms with Crippen LogP contribution in [0.5, 0.6) is 0 Å². The van der Waals surface area contributed by atoms with E-state index in [1.165, 1.54) is 20.3 Å². The van der Waals surface area contributed by atoms with Crippen LogP contribution in [0.3, 0.4) is 0 Å². The van der Waals surface area contributed by atoms with E-state index in [1.807, 2.05) is 24.8 Å². The molecule has 0 aromatic rings. The van der Waals surface area contributed by atoms with Crippen molar-refractivity contribution in [2.45, 2.75) is 185 Å². The Balaban J connectivity index is 1.61. The Labute approximate surface area is 367 Å². The van der Waals surface area contributed by atoms with E-state index in [-0.39, 0.29) is 25.2 Å². The second kappa shape index (κ2) is 24.3. The second-order valence-electron chi connectivity index (χ2n) is 17.9. The third kappa shape index (κ3) is 13.4. The second-order valence-corrected chi connectivity index (χ2v) is 17.9. The van der Waals surface area contributed by atoms with Gasteiger partial charge in [-0.3, -0.25) is 9.59 Å². The van der Waals surface area contributed by atoms with Gasteiger partial charge in [-0.15, -0.1) is 0 Å². The highest BCUT2D eigenvalue weighted by molar-refractivity contribution is 5.91. The van der Waals surface area contributed by atoms with Gasteiger partial charge in [-0.05, 0) is 73.0 Å². The minimum Gasteiger partial charge on any atom is -0.462 e. The summed E-state index contributed by atoms with van der Waals surface area (Å²) in [6, 6.07) is -0.647. The number of aliphatic hydroxyl groups excluding tert-OH is 4. The molecule has 17 heteroatoms. The zero-order valence-corrected chi connectivity index (χ0v) is 38.4. The van der Waals surface area contributed by atoms with Gasteiger partial charge in [0.1, 0.15) is 42.9 Å².